The average molecular weight is 300 g/mol. The minimum absolute atomic E-state index is 0.417. The van der Waals surface area contributed by atoms with Gasteiger partial charge in [0.15, 0.2) is 0 Å². The number of hydrogen-bond donors (Lipinski definition) is 1. The summed E-state index contributed by atoms with van der Waals surface area (Å²) in [5, 5.41) is 4.81. The van der Waals surface area contributed by atoms with Crippen LogP contribution in [0.5, 0.6) is 5.75 Å². The van der Waals surface area contributed by atoms with E-state index in [1.807, 2.05) is 19.1 Å². The highest BCUT2D eigenvalue weighted by atomic mass is 16.5. The number of aromatic nitrogens is 1. The van der Waals surface area contributed by atoms with Crippen molar-refractivity contribution in [2.75, 3.05) is 25.6 Å². The van der Waals surface area contributed by atoms with Gasteiger partial charge in [-0.15, -0.1) is 0 Å². The fraction of sp³-hybridized carbons (Fsp3) is 0.500. The summed E-state index contributed by atoms with van der Waals surface area (Å²) < 4.78 is 10.9. The summed E-state index contributed by atoms with van der Waals surface area (Å²) in [6, 6.07) is 8.62. The third-order valence-corrected chi connectivity index (χ3v) is 4.51. The highest BCUT2D eigenvalue weighted by molar-refractivity contribution is 5.95. The molecule has 0 bridgehead atoms. The average Bonchev–Trinajstić information content (AvgIpc) is 2.55. The van der Waals surface area contributed by atoms with Crippen molar-refractivity contribution in [3.05, 3.63) is 30.0 Å². The molecular formula is C18H24N2O2. The number of benzene rings is 1. The van der Waals surface area contributed by atoms with Crippen LogP contribution in [0.3, 0.4) is 0 Å². The summed E-state index contributed by atoms with van der Waals surface area (Å²) in [6.07, 6.45) is 2.25. The molecule has 1 saturated heterocycles. The molecule has 0 saturated carbocycles. The van der Waals surface area contributed by atoms with Crippen LogP contribution >= 0.6 is 0 Å². The SMILES string of the molecule is COc1cccc2c(NC(C)C3CCOCC3)cc(C)nc12. The van der Waals surface area contributed by atoms with E-state index in [0.717, 1.165) is 54.1 Å². The number of methoxy groups -OCH3 is 1. The molecule has 3 rings (SSSR count). The van der Waals surface area contributed by atoms with Gasteiger partial charge in [-0.2, -0.15) is 0 Å². The van der Waals surface area contributed by atoms with Crippen molar-refractivity contribution >= 4 is 16.6 Å². The van der Waals surface area contributed by atoms with Gasteiger partial charge in [0.2, 0.25) is 0 Å². The highest BCUT2D eigenvalue weighted by Crippen LogP contribution is 2.31. The van der Waals surface area contributed by atoms with Crippen molar-refractivity contribution in [2.45, 2.75) is 32.7 Å². The molecule has 4 nitrogen and oxygen atoms in total. The normalized spacial score (nSPS) is 17.4. The van der Waals surface area contributed by atoms with E-state index in [2.05, 4.69) is 29.4 Å². The number of hydrogen-bond acceptors (Lipinski definition) is 4. The van der Waals surface area contributed by atoms with Crippen LogP contribution in [0.4, 0.5) is 5.69 Å². The molecule has 1 aliphatic rings. The maximum absolute atomic E-state index is 5.47. The number of pyridine rings is 1. The Kier molecular flexibility index (Phi) is 4.48. The molecule has 1 fully saturated rings. The van der Waals surface area contributed by atoms with Gasteiger partial charge in [0.25, 0.3) is 0 Å². The second-order valence-corrected chi connectivity index (χ2v) is 6.05. The first-order chi connectivity index (χ1) is 10.7. The zero-order valence-electron chi connectivity index (χ0n) is 13.6. The van der Waals surface area contributed by atoms with E-state index in [0.29, 0.717) is 12.0 Å². The van der Waals surface area contributed by atoms with Crippen molar-refractivity contribution < 1.29 is 9.47 Å². The molecular weight excluding hydrogens is 276 g/mol. The molecule has 22 heavy (non-hydrogen) atoms. The molecule has 118 valence electrons. The second kappa shape index (κ2) is 6.53. The van der Waals surface area contributed by atoms with E-state index in [1.54, 1.807) is 7.11 Å². The molecule has 0 amide bonds. The molecule has 1 aliphatic heterocycles. The summed E-state index contributed by atoms with van der Waals surface area (Å²) in [7, 11) is 1.69. The fourth-order valence-electron chi connectivity index (χ4n) is 3.21. The van der Waals surface area contributed by atoms with E-state index in [-0.39, 0.29) is 0 Å². The number of nitrogens with one attached hydrogen (secondary N) is 1. The molecule has 1 aromatic heterocycles. The van der Waals surface area contributed by atoms with Crippen molar-refractivity contribution in [3.8, 4) is 5.75 Å². The van der Waals surface area contributed by atoms with Gasteiger partial charge in [-0.25, -0.2) is 4.98 Å². The van der Waals surface area contributed by atoms with Gasteiger partial charge in [0.1, 0.15) is 11.3 Å². The van der Waals surface area contributed by atoms with Gasteiger partial charge in [-0.1, -0.05) is 12.1 Å². The maximum Gasteiger partial charge on any atom is 0.145 e. The van der Waals surface area contributed by atoms with Crippen molar-refractivity contribution in [2.24, 2.45) is 5.92 Å². The highest BCUT2D eigenvalue weighted by Gasteiger charge is 2.21. The summed E-state index contributed by atoms with van der Waals surface area (Å²) in [5.74, 6) is 1.48. The lowest BCUT2D eigenvalue weighted by atomic mass is 9.92. The molecule has 2 heterocycles. The number of ether oxygens (including phenoxy) is 2. The second-order valence-electron chi connectivity index (χ2n) is 6.05. The van der Waals surface area contributed by atoms with E-state index in [4.69, 9.17) is 9.47 Å². The zero-order chi connectivity index (χ0) is 15.5. The monoisotopic (exact) mass is 300 g/mol. The standard InChI is InChI=1S/C18H24N2O2/c1-12-11-16(20-13(2)14-7-9-22-10-8-14)15-5-4-6-17(21-3)18(15)19-12/h4-6,11,13-14H,7-10H2,1-3H3,(H,19,20). The van der Waals surface area contributed by atoms with Crippen LogP contribution in [0.15, 0.2) is 24.3 Å². The summed E-state index contributed by atoms with van der Waals surface area (Å²) in [4.78, 5) is 4.64. The Labute approximate surface area is 131 Å². The van der Waals surface area contributed by atoms with Crippen molar-refractivity contribution in [1.29, 1.82) is 0 Å². The van der Waals surface area contributed by atoms with Crippen LogP contribution < -0.4 is 10.1 Å². The van der Waals surface area contributed by atoms with Crippen LogP contribution in [-0.2, 0) is 4.74 Å². The molecule has 0 aliphatic carbocycles. The summed E-state index contributed by atoms with van der Waals surface area (Å²) >= 11 is 0. The molecule has 1 atom stereocenters. The number of anilines is 1. The van der Waals surface area contributed by atoms with Crippen LogP contribution in [0.2, 0.25) is 0 Å². The number of rotatable bonds is 4. The minimum Gasteiger partial charge on any atom is -0.494 e. The molecule has 0 radical (unpaired) electrons. The third kappa shape index (κ3) is 3.02. The van der Waals surface area contributed by atoms with E-state index in [9.17, 15) is 0 Å². The first kappa shape index (κ1) is 15.1. The van der Waals surface area contributed by atoms with Gasteiger partial charge < -0.3 is 14.8 Å². The Morgan fingerprint density at radius 3 is 2.82 bits per heavy atom. The van der Waals surface area contributed by atoms with Crippen LogP contribution in [-0.4, -0.2) is 31.3 Å². The molecule has 0 spiro atoms. The maximum atomic E-state index is 5.47. The quantitative estimate of drug-likeness (QED) is 0.933. The number of aryl methyl sites for hydroxylation is 1. The summed E-state index contributed by atoms with van der Waals surface area (Å²) in [5.41, 5.74) is 3.06. The number of fused-ring (bicyclic) bond motifs is 1. The first-order valence-electron chi connectivity index (χ1n) is 7.97. The Bertz CT molecular complexity index is 651. The van der Waals surface area contributed by atoms with Gasteiger partial charge >= 0.3 is 0 Å². The molecule has 1 unspecified atom stereocenters. The summed E-state index contributed by atoms with van der Waals surface area (Å²) in [6.45, 7) is 6.04. The van der Waals surface area contributed by atoms with Crippen LogP contribution in [0, 0.1) is 12.8 Å². The lowest BCUT2D eigenvalue weighted by molar-refractivity contribution is 0.0622. The predicted molar refractivity (Wildman–Crippen MR) is 89.7 cm³/mol. The van der Waals surface area contributed by atoms with Gasteiger partial charge in [0.05, 0.1) is 7.11 Å². The van der Waals surface area contributed by atoms with Gasteiger partial charge in [0, 0.05) is 36.0 Å². The Balaban J connectivity index is 1.92. The predicted octanol–water partition coefficient (Wildman–Crippen LogP) is 3.78. The smallest absolute Gasteiger partial charge is 0.145 e. The van der Waals surface area contributed by atoms with Crippen LogP contribution in [0.25, 0.3) is 10.9 Å². The Morgan fingerprint density at radius 1 is 1.32 bits per heavy atom. The lowest BCUT2D eigenvalue weighted by Gasteiger charge is -2.29. The zero-order valence-corrected chi connectivity index (χ0v) is 13.6. The van der Waals surface area contributed by atoms with Gasteiger partial charge in [-0.05, 0) is 44.7 Å². The third-order valence-electron chi connectivity index (χ3n) is 4.51. The molecule has 2 aromatic rings. The van der Waals surface area contributed by atoms with Gasteiger partial charge in [-0.3, -0.25) is 0 Å². The van der Waals surface area contributed by atoms with Crippen LogP contribution in [0.1, 0.15) is 25.5 Å². The number of nitrogens with zero attached hydrogens (tertiary/aromatic N) is 1. The Hall–Kier alpha value is -1.81. The van der Waals surface area contributed by atoms with Crippen molar-refractivity contribution in [3.63, 3.8) is 0 Å². The molecule has 4 heteroatoms. The Morgan fingerprint density at radius 2 is 2.09 bits per heavy atom. The number of para-hydroxylation sites is 1. The van der Waals surface area contributed by atoms with Crippen molar-refractivity contribution in [1.82, 2.24) is 4.98 Å². The van der Waals surface area contributed by atoms with E-state index in [1.165, 1.54) is 0 Å². The largest absolute Gasteiger partial charge is 0.494 e. The lowest BCUT2D eigenvalue weighted by Crippen LogP contribution is -2.31. The first-order valence-corrected chi connectivity index (χ1v) is 7.97. The molecule has 1 aromatic carbocycles. The topological polar surface area (TPSA) is 43.4 Å². The van der Waals surface area contributed by atoms with E-state index < -0.39 is 0 Å². The fourth-order valence-corrected chi connectivity index (χ4v) is 3.21. The van der Waals surface area contributed by atoms with E-state index >= 15 is 0 Å². The molecule has 1 N–H and O–H groups in total. The minimum atomic E-state index is 0.417.